The average Bonchev–Trinajstić information content (AvgIpc) is 2.90. The lowest BCUT2D eigenvalue weighted by atomic mass is 10.1. The Hall–Kier alpha value is -2.28. The van der Waals surface area contributed by atoms with Crippen LogP contribution in [0, 0.1) is 0 Å². The second kappa shape index (κ2) is 5.37. The highest BCUT2D eigenvalue weighted by molar-refractivity contribution is 6.99. The molecule has 1 aromatic heterocycles. The van der Waals surface area contributed by atoms with E-state index >= 15 is 0 Å². The maximum atomic E-state index is 11.7. The molecule has 0 unspecified atom stereocenters. The summed E-state index contributed by atoms with van der Waals surface area (Å²) in [7, 11) is 0. The van der Waals surface area contributed by atoms with E-state index in [9.17, 15) is 9.59 Å². The third-order valence-electron chi connectivity index (χ3n) is 2.25. The van der Waals surface area contributed by atoms with Gasteiger partial charge in [-0.1, -0.05) is 30.3 Å². The van der Waals surface area contributed by atoms with Crippen molar-refractivity contribution in [2.24, 2.45) is 0 Å². The van der Waals surface area contributed by atoms with Crippen LogP contribution in [0.15, 0.2) is 36.5 Å². The number of carboxylic acids is 1. The molecule has 0 saturated carbocycles. The number of nitrogens with one attached hydrogen (secondary N) is 1. The van der Waals surface area contributed by atoms with E-state index in [4.69, 9.17) is 5.11 Å². The van der Waals surface area contributed by atoms with Crippen LogP contribution in [0.1, 0.15) is 22.1 Å². The molecule has 1 amide bonds. The molecule has 0 spiro atoms. The summed E-state index contributed by atoms with van der Waals surface area (Å²) in [6.45, 7) is 0. The first-order valence-corrected chi connectivity index (χ1v) is 5.77. The first kappa shape index (κ1) is 12.2. The predicted octanol–water partition coefficient (Wildman–Crippen LogP) is 1.09. The van der Waals surface area contributed by atoms with E-state index in [0.29, 0.717) is 5.56 Å². The Balaban J connectivity index is 2.18. The minimum atomic E-state index is -1.13. The van der Waals surface area contributed by atoms with E-state index in [1.54, 1.807) is 30.3 Å². The zero-order chi connectivity index (χ0) is 13.0. The number of nitrogens with zero attached hydrogens (tertiary/aromatic N) is 2. The monoisotopic (exact) mass is 263 g/mol. The molecule has 0 aliphatic rings. The van der Waals surface area contributed by atoms with Gasteiger partial charge in [-0.15, -0.1) is 0 Å². The highest BCUT2D eigenvalue weighted by atomic mass is 32.1. The summed E-state index contributed by atoms with van der Waals surface area (Å²) in [4.78, 5) is 22.9. The molecular formula is C11H9N3O3S. The van der Waals surface area contributed by atoms with Crippen LogP contribution in [-0.2, 0) is 4.79 Å². The van der Waals surface area contributed by atoms with Gasteiger partial charge in [-0.05, 0) is 5.56 Å². The molecule has 1 atom stereocenters. The molecule has 18 heavy (non-hydrogen) atoms. The summed E-state index contributed by atoms with van der Waals surface area (Å²) in [5.41, 5.74) is 0.615. The molecule has 0 bridgehead atoms. The average molecular weight is 263 g/mol. The molecular weight excluding hydrogens is 254 g/mol. The largest absolute Gasteiger partial charge is 0.479 e. The number of aromatic nitrogens is 2. The lowest BCUT2D eigenvalue weighted by Gasteiger charge is -2.13. The molecule has 1 heterocycles. The smallest absolute Gasteiger partial charge is 0.330 e. The standard InChI is InChI=1S/C11H9N3O3S/c15-10(8-6-12-18-14-8)13-9(11(16)17)7-4-2-1-3-5-7/h1-6,9H,(H,13,15)(H,16,17)/t9-/m1/s1. The minimum absolute atomic E-state index is 0.113. The summed E-state index contributed by atoms with van der Waals surface area (Å²) in [6, 6.07) is 7.37. The summed E-state index contributed by atoms with van der Waals surface area (Å²) in [5, 5.41) is 11.5. The predicted molar refractivity (Wildman–Crippen MR) is 64.2 cm³/mol. The van der Waals surface area contributed by atoms with Crippen LogP contribution in [0.5, 0.6) is 0 Å². The minimum Gasteiger partial charge on any atom is -0.479 e. The number of carboxylic acid groups (broad SMARTS) is 1. The van der Waals surface area contributed by atoms with Crippen LogP contribution < -0.4 is 5.32 Å². The Labute approximate surface area is 107 Å². The van der Waals surface area contributed by atoms with Gasteiger partial charge in [0.2, 0.25) is 0 Å². The van der Waals surface area contributed by atoms with Gasteiger partial charge in [0.25, 0.3) is 5.91 Å². The Kier molecular flexibility index (Phi) is 3.63. The Morgan fingerprint density at radius 1 is 1.28 bits per heavy atom. The van der Waals surface area contributed by atoms with Crippen LogP contribution in [0.3, 0.4) is 0 Å². The van der Waals surface area contributed by atoms with E-state index < -0.39 is 17.9 Å². The molecule has 92 valence electrons. The van der Waals surface area contributed by atoms with Crippen LogP contribution in [0.25, 0.3) is 0 Å². The first-order valence-electron chi connectivity index (χ1n) is 5.04. The summed E-state index contributed by atoms with van der Waals surface area (Å²) >= 11 is 0.891. The van der Waals surface area contributed by atoms with Gasteiger partial charge in [-0.25, -0.2) is 4.79 Å². The van der Waals surface area contributed by atoms with Gasteiger partial charge in [0.05, 0.1) is 17.9 Å². The maximum Gasteiger partial charge on any atom is 0.330 e. The summed E-state index contributed by atoms with van der Waals surface area (Å²) in [5.74, 6) is -1.68. The van der Waals surface area contributed by atoms with Gasteiger partial charge in [0, 0.05) is 0 Å². The SMILES string of the molecule is O=C(N[C@@H](C(=O)O)c1ccccc1)c1cnsn1. The number of amides is 1. The van der Waals surface area contributed by atoms with Gasteiger partial charge in [0.1, 0.15) is 0 Å². The fourth-order valence-corrected chi connectivity index (χ4v) is 1.82. The second-order valence-corrected chi connectivity index (χ2v) is 4.00. The van der Waals surface area contributed by atoms with Crippen molar-refractivity contribution in [3.63, 3.8) is 0 Å². The zero-order valence-corrected chi connectivity index (χ0v) is 9.92. The molecule has 0 radical (unpaired) electrons. The van der Waals surface area contributed by atoms with E-state index in [0.717, 1.165) is 11.7 Å². The number of rotatable bonds is 4. The summed E-state index contributed by atoms with van der Waals surface area (Å²) in [6.07, 6.45) is 1.30. The van der Waals surface area contributed by atoms with Crippen molar-refractivity contribution < 1.29 is 14.7 Å². The molecule has 2 rings (SSSR count). The molecule has 0 saturated heterocycles. The number of carbonyl (C=O) groups is 2. The Bertz CT molecular complexity index is 542. The molecule has 2 N–H and O–H groups in total. The van der Waals surface area contributed by atoms with Crippen LogP contribution in [0.4, 0.5) is 0 Å². The molecule has 1 aromatic carbocycles. The van der Waals surface area contributed by atoms with Crippen molar-refractivity contribution in [3.8, 4) is 0 Å². The third kappa shape index (κ3) is 2.69. The number of aliphatic carboxylic acids is 1. The van der Waals surface area contributed by atoms with Crippen molar-refractivity contribution in [1.82, 2.24) is 14.1 Å². The molecule has 6 nitrogen and oxygen atoms in total. The van der Waals surface area contributed by atoms with E-state index in [1.165, 1.54) is 6.20 Å². The van der Waals surface area contributed by atoms with Crippen molar-refractivity contribution >= 4 is 23.6 Å². The zero-order valence-electron chi connectivity index (χ0n) is 9.11. The molecule has 2 aromatic rings. The molecule has 7 heteroatoms. The summed E-state index contributed by atoms with van der Waals surface area (Å²) < 4.78 is 7.44. The molecule has 0 fully saturated rings. The number of carbonyl (C=O) groups excluding carboxylic acids is 1. The quantitative estimate of drug-likeness (QED) is 0.861. The lowest BCUT2D eigenvalue weighted by Crippen LogP contribution is -2.33. The van der Waals surface area contributed by atoms with Gasteiger partial charge in [0.15, 0.2) is 11.7 Å². The normalized spacial score (nSPS) is 11.8. The molecule has 0 aliphatic carbocycles. The van der Waals surface area contributed by atoms with Crippen LogP contribution in [0.2, 0.25) is 0 Å². The van der Waals surface area contributed by atoms with Gasteiger partial charge < -0.3 is 10.4 Å². The van der Waals surface area contributed by atoms with Crippen molar-refractivity contribution in [2.75, 3.05) is 0 Å². The Morgan fingerprint density at radius 3 is 2.56 bits per heavy atom. The van der Waals surface area contributed by atoms with Crippen LogP contribution in [-0.4, -0.2) is 25.7 Å². The van der Waals surface area contributed by atoms with Crippen molar-refractivity contribution in [2.45, 2.75) is 6.04 Å². The van der Waals surface area contributed by atoms with Crippen LogP contribution >= 0.6 is 11.7 Å². The van der Waals surface area contributed by atoms with Gasteiger partial charge in [-0.3, -0.25) is 4.79 Å². The maximum absolute atomic E-state index is 11.7. The van der Waals surface area contributed by atoms with E-state index in [-0.39, 0.29) is 5.69 Å². The third-order valence-corrected chi connectivity index (χ3v) is 2.73. The van der Waals surface area contributed by atoms with Gasteiger partial charge >= 0.3 is 5.97 Å². The van der Waals surface area contributed by atoms with E-state index in [1.807, 2.05) is 0 Å². The number of hydrogen-bond acceptors (Lipinski definition) is 5. The lowest BCUT2D eigenvalue weighted by molar-refractivity contribution is -0.139. The fourth-order valence-electron chi connectivity index (χ4n) is 1.40. The van der Waals surface area contributed by atoms with Crippen molar-refractivity contribution in [1.29, 1.82) is 0 Å². The Morgan fingerprint density at radius 2 is 2.00 bits per heavy atom. The fraction of sp³-hybridized carbons (Fsp3) is 0.0909. The number of hydrogen-bond donors (Lipinski definition) is 2. The highest BCUT2D eigenvalue weighted by Crippen LogP contribution is 2.13. The highest BCUT2D eigenvalue weighted by Gasteiger charge is 2.23. The van der Waals surface area contributed by atoms with E-state index in [2.05, 4.69) is 14.1 Å². The van der Waals surface area contributed by atoms with Crippen molar-refractivity contribution in [3.05, 3.63) is 47.8 Å². The topological polar surface area (TPSA) is 92.2 Å². The molecule has 0 aliphatic heterocycles. The van der Waals surface area contributed by atoms with Gasteiger partial charge in [-0.2, -0.15) is 8.75 Å². The first-order chi connectivity index (χ1) is 8.68. The number of benzene rings is 1. The second-order valence-electron chi connectivity index (χ2n) is 3.45.